The maximum atomic E-state index is 13.0. The lowest BCUT2D eigenvalue weighted by molar-refractivity contribution is 0.103. The van der Waals surface area contributed by atoms with Gasteiger partial charge in [-0.3, -0.25) is 4.79 Å². The number of aryl methyl sites for hydroxylation is 1. The van der Waals surface area contributed by atoms with Crippen LogP contribution in [0.3, 0.4) is 0 Å². The van der Waals surface area contributed by atoms with Crippen LogP contribution >= 0.6 is 15.9 Å². The van der Waals surface area contributed by atoms with Crippen LogP contribution in [0.15, 0.2) is 46.9 Å². The third kappa shape index (κ3) is 2.80. The molecule has 0 bridgehead atoms. The summed E-state index contributed by atoms with van der Waals surface area (Å²) in [5.41, 5.74) is 1.91. The molecule has 0 radical (unpaired) electrons. The second kappa shape index (κ2) is 4.80. The Hall–Kier alpha value is -1.48. The lowest BCUT2D eigenvalue weighted by Gasteiger charge is -2.04. The largest absolute Gasteiger partial charge is 0.289 e. The van der Waals surface area contributed by atoms with Gasteiger partial charge in [0.1, 0.15) is 5.82 Å². The van der Waals surface area contributed by atoms with Crippen LogP contribution in [-0.2, 0) is 0 Å². The molecular weight excluding hydrogens is 283 g/mol. The summed E-state index contributed by atoms with van der Waals surface area (Å²) in [4.78, 5) is 12.1. The minimum atomic E-state index is -0.400. The number of hydrogen-bond donors (Lipinski definition) is 0. The average Bonchev–Trinajstić information content (AvgIpc) is 2.26. The summed E-state index contributed by atoms with van der Waals surface area (Å²) in [7, 11) is 0. The number of hydrogen-bond acceptors (Lipinski definition) is 1. The van der Waals surface area contributed by atoms with Gasteiger partial charge >= 0.3 is 0 Å². The van der Waals surface area contributed by atoms with E-state index in [0.29, 0.717) is 11.1 Å². The Morgan fingerprint density at radius 2 is 1.88 bits per heavy atom. The van der Waals surface area contributed by atoms with Gasteiger partial charge in [0.15, 0.2) is 5.78 Å². The number of ketones is 1. The normalized spacial score (nSPS) is 10.3. The van der Waals surface area contributed by atoms with E-state index in [-0.39, 0.29) is 5.78 Å². The van der Waals surface area contributed by atoms with Crippen molar-refractivity contribution in [1.82, 2.24) is 0 Å². The molecule has 2 aromatic rings. The standard InChI is InChI=1S/C14H10BrFO/c1-9-5-11(7-12(15)6-9)14(17)10-3-2-4-13(16)8-10/h2-8H,1H3. The monoisotopic (exact) mass is 292 g/mol. The maximum Gasteiger partial charge on any atom is 0.193 e. The van der Waals surface area contributed by atoms with Gasteiger partial charge in [0.05, 0.1) is 0 Å². The van der Waals surface area contributed by atoms with Gasteiger partial charge in [-0.1, -0.05) is 28.1 Å². The zero-order chi connectivity index (χ0) is 12.4. The smallest absolute Gasteiger partial charge is 0.193 e. The molecule has 0 aliphatic heterocycles. The van der Waals surface area contributed by atoms with Crippen molar-refractivity contribution in [1.29, 1.82) is 0 Å². The first-order valence-electron chi connectivity index (χ1n) is 5.14. The quantitative estimate of drug-likeness (QED) is 0.761. The van der Waals surface area contributed by atoms with Crippen molar-refractivity contribution in [3.63, 3.8) is 0 Å². The third-order valence-electron chi connectivity index (χ3n) is 2.39. The minimum Gasteiger partial charge on any atom is -0.289 e. The lowest BCUT2D eigenvalue weighted by Crippen LogP contribution is -2.02. The SMILES string of the molecule is Cc1cc(Br)cc(C(=O)c2cccc(F)c2)c1. The molecule has 0 atom stereocenters. The molecule has 0 aliphatic carbocycles. The summed E-state index contributed by atoms with van der Waals surface area (Å²) in [6, 6.07) is 11.2. The number of carbonyl (C=O) groups excluding carboxylic acids is 1. The van der Waals surface area contributed by atoms with Crippen LogP contribution in [0.1, 0.15) is 21.5 Å². The summed E-state index contributed by atoms with van der Waals surface area (Å²) < 4.78 is 13.9. The molecule has 0 N–H and O–H groups in total. The molecule has 3 heteroatoms. The first-order chi connectivity index (χ1) is 8.06. The number of halogens is 2. The fraction of sp³-hybridized carbons (Fsp3) is 0.0714. The summed E-state index contributed by atoms with van der Waals surface area (Å²) in [5.74, 6) is -0.573. The molecule has 2 rings (SSSR count). The van der Waals surface area contributed by atoms with E-state index in [4.69, 9.17) is 0 Å². The highest BCUT2D eigenvalue weighted by atomic mass is 79.9. The molecule has 0 fully saturated rings. The minimum absolute atomic E-state index is 0.172. The van der Waals surface area contributed by atoms with Gasteiger partial charge in [-0.15, -0.1) is 0 Å². The predicted molar refractivity (Wildman–Crippen MR) is 68.7 cm³/mol. The first-order valence-corrected chi connectivity index (χ1v) is 5.93. The molecule has 17 heavy (non-hydrogen) atoms. The highest BCUT2D eigenvalue weighted by molar-refractivity contribution is 9.10. The molecule has 0 aromatic heterocycles. The number of carbonyl (C=O) groups is 1. The number of rotatable bonds is 2. The Morgan fingerprint density at radius 1 is 1.12 bits per heavy atom. The highest BCUT2D eigenvalue weighted by Gasteiger charge is 2.10. The van der Waals surface area contributed by atoms with E-state index >= 15 is 0 Å². The number of benzene rings is 2. The van der Waals surface area contributed by atoms with Gasteiger partial charge < -0.3 is 0 Å². The van der Waals surface area contributed by atoms with Crippen molar-refractivity contribution in [3.8, 4) is 0 Å². The van der Waals surface area contributed by atoms with Crippen molar-refractivity contribution in [2.75, 3.05) is 0 Å². The van der Waals surface area contributed by atoms with Gasteiger partial charge in [0, 0.05) is 15.6 Å². The van der Waals surface area contributed by atoms with E-state index in [9.17, 15) is 9.18 Å². The Morgan fingerprint density at radius 3 is 2.53 bits per heavy atom. The molecule has 0 amide bonds. The third-order valence-corrected chi connectivity index (χ3v) is 2.85. The summed E-state index contributed by atoms with van der Waals surface area (Å²) in [6.07, 6.45) is 0. The fourth-order valence-electron chi connectivity index (χ4n) is 1.66. The topological polar surface area (TPSA) is 17.1 Å². The molecule has 0 aliphatic rings. The van der Waals surface area contributed by atoms with Gasteiger partial charge in [0.25, 0.3) is 0 Å². The zero-order valence-corrected chi connectivity index (χ0v) is 10.8. The van der Waals surface area contributed by atoms with Crippen molar-refractivity contribution in [2.45, 2.75) is 6.92 Å². The molecule has 0 heterocycles. The molecule has 2 aromatic carbocycles. The Bertz CT molecular complexity index is 558. The molecular formula is C14H10BrFO. The first kappa shape index (κ1) is 12.0. The van der Waals surface area contributed by atoms with Gasteiger partial charge in [-0.25, -0.2) is 4.39 Å². The molecule has 0 saturated heterocycles. The van der Waals surface area contributed by atoms with Crippen molar-refractivity contribution in [2.24, 2.45) is 0 Å². The Balaban J connectivity index is 2.43. The zero-order valence-electron chi connectivity index (χ0n) is 9.21. The summed E-state index contributed by atoms with van der Waals surface area (Å²) in [6.45, 7) is 1.91. The van der Waals surface area contributed by atoms with E-state index in [1.807, 2.05) is 13.0 Å². The van der Waals surface area contributed by atoms with Crippen molar-refractivity contribution < 1.29 is 9.18 Å². The lowest BCUT2D eigenvalue weighted by atomic mass is 10.0. The summed E-state index contributed by atoms with van der Waals surface area (Å²) in [5, 5.41) is 0. The molecule has 0 unspecified atom stereocenters. The van der Waals surface area contributed by atoms with Gasteiger partial charge in [-0.2, -0.15) is 0 Å². The average molecular weight is 293 g/mol. The van der Waals surface area contributed by atoms with Crippen molar-refractivity contribution in [3.05, 3.63) is 69.4 Å². The maximum absolute atomic E-state index is 13.0. The van der Waals surface area contributed by atoms with Crippen LogP contribution < -0.4 is 0 Å². The molecule has 1 nitrogen and oxygen atoms in total. The summed E-state index contributed by atoms with van der Waals surface area (Å²) >= 11 is 3.34. The van der Waals surface area contributed by atoms with E-state index in [0.717, 1.165) is 10.0 Å². The molecule has 0 saturated carbocycles. The van der Waals surface area contributed by atoms with E-state index in [1.165, 1.54) is 18.2 Å². The molecule has 86 valence electrons. The van der Waals surface area contributed by atoms with Crippen LogP contribution in [0.25, 0.3) is 0 Å². The van der Waals surface area contributed by atoms with Gasteiger partial charge in [-0.05, 0) is 42.8 Å². The van der Waals surface area contributed by atoms with Crippen LogP contribution in [0.5, 0.6) is 0 Å². The van der Waals surface area contributed by atoms with E-state index < -0.39 is 5.82 Å². The fourth-order valence-corrected chi connectivity index (χ4v) is 2.27. The highest BCUT2D eigenvalue weighted by Crippen LogP contribution is 2.18. The van der Waals surface area contributed by atoms with Crippen LogP contribution in [0.2, 0.25) is 0 Å². The molecule has 0 spiro atoms. The van der Waals surface area contributed by atoms with Crippen LogP contribution in [0, 0.1) is 12.7 Å². The second-order valence-corrected chi connectivity index (χ2v) is 4.77. The second-order valence-electron chi connectivity index (χ2n) is 3.86. The van der Waals surface area contributed by atoms with E-state index in [2.05, 4.69) is 15.9 Å². The predicted octanol–water partition coefficient (Wildman–Crippen LogP) is 4.13. The Kier molecular flexibility index (Phi) is 3.38. The van der Waals surface area contributed by atoms with Crippen molar-refractivity contribution >= 4 is 21.7 Å². The van der Waals surface area contributed by atoms with Crippen LogP contribution in [0.4, 0.5) is 4.39 Å². The van der Waals surface area contributed by atoms with E-state index in [1.54, 1.807) is 18.2 Å². The van der Waals surface area contributed by atoms with Gasteiger partial charge in [0.2, 0.25) is 0 Å². The Labute approximate surface area is 107 Å². The van der Waals surface area contributed by atoms with Crippen LogP contribution in [-0.4, -0.2) is 5.78 Å².